The molecule has 0 radical (unpaired) electrons. The summed E-state index contributed by atoms with van der Waals surface area (Å²) in [4.78, 5) is 35.6. The van der Waals surface area contributed by atoms with E-state index in [1.165, 1.54) is 51.5 Å². The second-order valence-electron chi connectivity index (χ2n) is 9.36. The van der Waals surface area contributed by atoms with Gasteiger partial charge in [0.15, 0.2) is 6.10 Å². The van der Waals surface area contributed by atoms with Gasteiger partial charge in [-0.1, -0.05) is 0 Å². The third kappa shape index (κ3) is 4.13. The smallest absolute Gasteiger partial charge is 0.307 e. The Bertz CT molecular complexity index is 832. The lowest BCUT2D eigenvalue weighted by Gasteiger charge is -2.56. The summed E-state index contributed by atoms with van der Waals surface area (Å²) in [5.41, 5.74) is 0.0453. The highest BCUT2D eigenvalue weighted by molar-refractivity contribution is 5.96. The largest absolute Gasteiger partial charge is 0.495 e. The first kappa shape index (κ1) is 20.6. The second kappa shape index (κ2) is 7.89. The van der Waals surface area contributed by atoms with Crippen LogP contribution in [0.2, 0.25) is 0 Å². The monoisotopic (exact) mass is 416 g/mol. The zero-order chi connectivity index (χ0) is 21.5. The van der Waals surface area contributed by atoms with Gasteiger partial charge in [-0.3, -0.25) is 19.7 Å². The number of non-ortho nitro benzene ring substituents is 1. The Kier molecular flexibility index (Phi) is 5.42. The molecule has 0 spiro atoms. The number of nitrogens with one attached hydrogen (secondary N) is 1. The average Bonchev–Trinajstić information content (AvgIpc) is 2.66. The van der Waals surface area contributed by atoms with Crippen LogP contribution in [0.1, 0.15) is 51.9 Å². The lowest BCUT2D eigenvalue weighted by Crippen LogP contribution is -2.47. The van der Waals surface area contributed by atoms with E-state index in [-0.39, 0.29) is 22.8 Å². The topological polar surface area (TPSA) is 108 Å². The summed E-state index contributed by atoms with van der Waals surface area (Å²) >= 11 is 0. The number of nitro groups is 1. The van der Waals surface area contributed by atoms with Crippen LogP contribution >= 0.6 is 0 Å². The van der Waals surface area contributed by atoms with E-state index < -0.39 is 16.9 Å². The fourth-order valence-electron chi connectivity index (χ4n) is 6.25. The van der Waals surface area contributed by atoms with E-state index in [4.69, 9.17) is 9.47 Å². The highest BCUT2D eigenvalue weighted by Gasteiger charge is 2.51. The van der Waals surface area contributed by atoms with Crippen LogP contribution in [-0.4, -0.2) is 30.0 Å². The Morgan fingerprint density at radius 2 is 1.80 bits per heavy atom. The molecule has 162 valence electrons. The molecule has 4 aliphatic rings. The molecule has 0 aliphatic heterocycles. The summed E-state index contributed by atoms with van der Waals surface area (Å²) in [6.45, 7) is 1.51. The summed E-state index contributed by atoms with van der Waals surface area (Å²) in [7, 11) is 1.41. The number of esters is 1. The summed E-state index contributed by atoms with van der Waals surface area (Å²) < 4.78 is 10.6. The number of nitrogens with zero attached hydrogens (tertiary/aromatic N) is 1. The summed E-state index contributed by atoms with van der Waals surface area (Å²) in [6.07, 6.45) is 6.57. The molecule has 1 aromatic carbocycles. The normalized spacial score (nSPS) is 29.9. The number of carbonyl (C=O) groups is 2. The predicted molar refractivity (Wildman–Crippen MR) is 109 cm³/mol. The molecule has 5 rings (SSSR count). The quantitative estimate of drug-likeness (QED) is 0.408. The first-order chi connectivity index (χ1) is 14.3. The van der Waals surface area contributed by atoms with Crippen molar-refractivity contribution >= 4 is 23.3 Å². The van der Waals surface area contributed by atoms with Crippen LogP contribution in [0.5, 0.6) is 5.75 Å². The van der Waals surface area contributed by atoms with Gasteiger partial charge in [0.25, 0.3) is 11.6 Å². The number of carbonyl (C=O) groups excluding carboxylic acids is 2. The minimum absolute atomic E-state index is 0.0469. The minimum Gasteiger partial charge on any atom is -0.495 e. The number of rotatable bonds is 7. The fourth-order valence-corrected chi connectivity index (χ4v) is 6.25. The average molecular weight is 416 g/mol. The highest BCUT2D eigenvalue weighted by atomic mass is 16.6. The maximum atomic E-state index is 12.6. The van der Waals surface area contributed by atoms with Crippen molar-refractivity contribution in [1.82, 2.24) is 0 Å². The number of anilines is 1. The predicted octanol–water partition coefficient (Wildman–Crippen LogP) is 4.08. The van der Waals surface area contributed by atoms with Crippen LogP contribution < -0.4 is 10.1 Å². The van der Waals surface area contributed by atoms with E-state index in [1.54, 1.807) is 0 Å². The maximum Gasteiger partial charge on any atom is 0.307 e. The molecular weight excluding hydrogens is 388 g/mol. The third-order valence-corrected chi connectivity index (χ3v) is 7.01. The van der Waals surface area contributed by atoms with Crippen molar-refractivity contribution < 1.29 is 24.0 Å². The molecular formula is C22H28N2O6. The summed E-state index contributed by atoms with van der Waals surface area (Å²) in [5, 5.41) is 13.6. The molecule has 8 nitrogen and oxygen atoms in total. The van der Waals surface area contributed by atoms with Gasteiger partial charge in [-0.15, -0.1) is 0 Å². The Morgan fingerprint density at radius 3 is 2.33 bits per heavy atom. The molecule has 4 bridgehead atoms. The third-order valence-electron chi connectivity index (χ3n) is 7.01. The number of hydrogen-bond acceptors (Lipinski definition) is 6. The van der Waals surface area contributed by atoms with E-state index in [0.717, 1.165) is 37.0 Å². The first-order valence-electron chi connectivity index (χ1n) is 10.6. The maximum absolute atomic E-state index is 12.6. The Morgan fingerprint density at radius 1 is 1.20 bits per heavy atom. The number of methoxy groups -OCH3 is 1. The Balaban J connectivity index is 1.36. The van der Waals surface area contributed by atoms with E-state index in [1.807, 2.05) is 0 Å². The van der Waals surface area contributed by atoms with E-state index in [2.05, 4.69) is 5.32 Å². The number of benzene rings is 1. The Hall–Kier alpha value is -2.64. The molecule has 8 heteroatoms. The molecule has 0 unspecified atom stereocenters. The van der Waals surface area contributed by atoms with Crippen LogP contribution in [-0.2, 0) is 14.3 Å². The second-order valence-corrected chi connectivity index (χ2v) is 9.36. The van der Waals surface area contributed by atoms with Gasteiger partial charge in [0, 0.05) is 12.1 Å². The van der Waals surface area contributed by atoms with Gasteiger partial charge >= 0.3 is 5.97 Å². The van der Waals surface area contributed by atoms with Gasteiger partial charge in [0.1, 0.15) is 5.75 Å². The van der Waals surface area contributed by atoms with Crippen LogP contribution in [0, 0.1) is 33.3 Å². The van der Waals surface area contributed by atoms with Crippen molar-refractivity contribution in [3.05, 3.63) is 28.3 Å². The molecule has 1 amide bonds. The van der Waals surface area contributed by atoms with Crippen molar-refractivity contribution in [2.24, 2.45) is 23.2 Å². The van der Waals surface area contributed by atoms with Crippen molar-refractivity contribution in [1.29, 1.82) is 0 Å². The lowest BCUT2D eigenvalue weighted by atomic mass is 9.49. The molecule has 4 saturated carbocycles. The van der Waals surface area contributed by atoms with Gasteiger partial charge in [0.2, 0.25) is 0 Å². The number of ether oxygens (including phenoxy) is 2. The summed E-state index contributed by atoms with van der Waals surface area (Å²) in [6, 6.07) is 3.93. The van der Waals surface area contributed by atoms with E-state index in [0.29, 0.717) is 12.2 Å². The molecule has 1 atom stereocenters. The molecule has 0 aromatic heterocycles. The van der Waals surface area contributed by atoms with Crippen molar-refractivity contribution in [2.45, 2.75) is 58.0 Å². The Labute approximate surface area is 175 Å². The van der Waals surface area contributed by atoms with Crippen LogP contribution in [0.15, 0.2) is 18.2 Å². The van der Waals surface area contributed by atoms with Crippen LogP contribution in [0.25, 0.3) is 0 Å². The van der Waals surface area contributed by atoms with Gasteiger partial charge in [-0.25, -0.2) is 0 Å². The molecule has 30 heavy (non-hydrogen) atoms. The van der Waals surface area contributed by atoms with Crippen molar-refractivity contribution in [3.8, 4) is 5.75 Å². The standard InChI is InChI=1S/C22H28N2O6/c1-13(21(26)23-18-8-17(24(27)28)3-4-19(18)29-2)30-20(25)12-22-9-14-5-15(10-22)7-16(6-14)11-22/h3-4,8,13-16H,5-7,9-12H2,1-2H3,(H,23,26)/t13-,14?,15?,16?,22?/m0/s1. The fraction of sp³-hybridized carbons (Fsp3) is 0.636. The molecule has 0 heterocycles. The number of nitro benzene ring substituents is 1. The van der Waals surface area contributed by atoms with Crippen molar-refractivity contribution in [2.75, 3.05) is 12.4 Å². The minimum atomic E-state index is -1.00. The van der Waals surface area contributed by atoms with E-state index >= 15 is 0 Å². The molecule has 4 aliphatic carbocycles. The van der Waals surface area contributed by atoms with Gasteiger partial charge in [0.05, 0.1) is 24.1 Å². The molecule has 1 aromatic rings. The van der Waals surface area contributed by atoms with E-state index in [9.17, 15) is 19.7 Å². The van der Waals surface area contributed by atoms with Crippen LogP contribution in [0.4, 0.5) is 11.4 Å². The van der Waals surface area contributed by atoms with Gasteiger partial charge in [-0.2, -0.15) is 0 Å². The number of amides is 1. The molecule has 4 fully saturated rings. The molecule has 1 N–H and O–H groups in total. The molecule has 0 saturated heterocycles. The van der Waals surface area contributed by atoms with Crippen molar-refractivity contribution in [3.63, 3.8) is 0 Å². The first-order valence-corrected chi connectivity index (χ1v) is 10.6. The SMILES string of the molecule is COc1ccc([N+](=O)[O-])cc1NC(=O)[C@H](C)OC(=O)CC12CC3CC(CC(C3)C1)C2. The van der Waals surface area contributed by atoms with Crippen LogP contribution in [0.3, 0.4) is 0 Å². The number of hydrogen-bond donors (Lipinski definition) is 1. The lowest BCUT2D eigenvalue weighted by molar-refractivity contribution is -0.384. The highest BCUT2D eigenvalue weighted by Crippen LogP contribution is 2.61. The zero-order valence-corrected chi connectivity index (χ0v) is 17.4. The zero-order valence-electron chi connectivity index (χ0n) is 17.4. The summed E-state index contributed by atoms with van der Waals surface area (Å²) in [5.74, 6) is 1.63. The van der Waals surface area contributed by atoms with Gasteiger partial charge in [-0.05, 0) is 74.7 Å². The van der Waals surface area contributed by atoms with Gasteiger partial charge < -0.3 is 14.8 Å².